The molecular formula is C10H10N4O2S. The number of aromatic nitrogens is 3. The lowest BCUT2D eigenvalue weighted by atomic mass is 10.3. The molecule has 1 aromatic carbocycles. The van der Waals surface area contributed by atoms with Crippen molar-refractivity contribution in [3.05, 3.63) is 40.2 Å². The van der Waals surface area contributed by atoms with Gasteiger partial charge in [0.15, 0.2) is 0 Å². The first-order chi connectivity index (χ1) is 8.19. The number of H-pyrrole nitrogens is 1. The fraction of sp³-hybridized carbons (Fsp3) is 0.200. The van der Waals surface area contributed by atoms with Gasteiger partial charge in [0.1, 0.15) is 5.82 Å². The molecule has 6 nitrogen and oxygen atoms in total. The zero-order valence-corrected chi connectivity index (χ0v) is 9.90. The van der Waals surface area contributed by atoms with Crippen LogP contribution in [-0.4, -0.2) is 20.1 Å². The summed E-state index contributed by atoms with van der Waals surface area (Å²) in [5.41, 5.74) is 0.0820. The van der Waals surface area contributed by atoms with Gasteiger partial charge in [-0.05, 0) is 23.9 Å². The number of nitrogens with one attached hydrogen (secondary N) is 1. The van der Waals surface area contributed by atoms with E-state index in [1.165, 1.54) is 23.9 Å². The van der Waals surface area contributed by atoms with Gasteiger partial charge in [0.05, 0.1) is 4.92 Å². The number of nitro groups is 1. The highest BCUT2D eigenvalue weighted by molar-refractivity contribution is 7.99. The second-order valence-electron chi connectivity index (χ2n) is 3.27. The van der Waals surface area contributed by atoms with Crippen LogP contribution >= 0.6 is 11.8 Å². The summed E-state index contributed by atoms with van der Waals surface area (Å²) >= 11 is 1.37. The maximum atomic E-state index is 10.5. The Bertz CT molecular complexity index is 523. The standard InChI is InChI=1S/C10H10N4O2S/c1-2-9-11-10(13-12-9)17-8-5-3-7(4-6-8)14(15)16/h3-6H,2H2,1H3,(H,11,12,13). The van der Waals surface area contributed by atoms with Crippen molar-refractivity contribution in [2.75, 3.05) is 0 Å². The topological polar surface area (TPSA) is 84.7 Å². The molecule has 0 fully saturated rings. The molecule has 17 heavy (non-hydrogen) atoms. The molecule has 2 aromatic rings. The molecule has 0 unspecified atom stereocenters. The molecule has 0 atom stereocenters. The van der Waals surface area contributed by atoms with Gasteiger partial charge in [0.2, 0.25) is 5.16 Å². The Balaban J connectivity index is 2.10. The van der Waals surface area contributed by atoms with Gasteiger partial charge in [-0.15, -0.1) is 5.10 Å². The number of aryl methyl sites for hydroxylation is 1. The number of rotatable bonds is 4. The van der Waals surface area contributed by atoms with E-state index in [0.717, 1.165) is 17.1 Å². The van der Waals surface area contributed by atoms with Crippen LogP contribution < -0.4 is 0 Å². The van der Waals surface area contributed by atoms with Gasteiger partial charge >= 0.3 is 0 Å². The molecule has 0 amide bonds. The third kappa shape index (κ3) is 2.82. The van der Waals surface area contributed by atoms with Crippen molar-refractivity contribution in [2.45, 2.75) is 23.4 Å². The van der Waals surface area contributed by atoms with Crippen LogP contribution in [0.1, 0.15) is 12.7 Å². The molecular weight excluding hydrogens is 240 g/mol. The van der Waals surface area contributed by atoms with Crippen LogP contribution in [0.5, 0.6) is 0 Å². The van der Waals surface area contributed by atoms with Gasteiger partial charge in [-0.1, -0.05) is 6.92 Å². The number of non-ortho nitro benzene ring substituents is 1. The van der Waals surface area contributed by atoms with Gasteiger partial charge in [-0.2, -0.15) is 0 Å². The molecule has 0 saturated heterocycles. The van der Waals surface area contributed by atoms with Crippen molar-refractivity contribution in [1.82, 2.24) is 15.2 Å². The summed E-state index contributed by atoms with van der Waals surface area (Å²) < 4.78 is 0. The summed E-state index contributed by atoms with van der Waals surface area (Å²) in [4.78, 5) is 15.2. The number of nitrogens with zero attached hydrogens (tertiary/aromatic N) is 3. The number of benzene rings is 1. The Hall–Kier alpha value is -1.89. The lowest BCUT2D eigenvalue weighted by Gasteiger charge is -1.95. The normalized spacial score (nSPS) is 10.4. The van der Waals surface area contributed by atoms with Crippen molar-refractivity contribution < 1.29 is 4.92 Å². The Morgan fingerprint density at radius 1 is 1.41 bits per heavy atom. The van der Waals surface area contributed by atoms with E-state index in [9.17, 15) is 10.1 Å². The van der Waals surface area contributed by atoms with E-state index in [2.05, 4.69) is 15.2 Å². The van der Waals surface area contributed by atoms with E-state index in [1.54, 1.807) is 12.1 Å². The summed E-state index contributed by atoms with van der Waals surface area (Å²) in [7, 11) is 0. The zero-order chi connectivity index (χ0) is 12.3. The highest BCUT2D eigenvalue weighted by Gasteiger charge is 2.07. The largest absolute Gasteiger partial charge is 0.269 e. The predicted octanol–water partition coefficient (Wildman–Crippen LogP) is 2.43. The third-order valence-electron chi connectivity index (χ3n) is 2.10. The SMILES string of the molecule is CCc1nc(Sc2ccc([N+](=O)[O-])cc2)n[nH]1. The van der Waals surface area contributed by atoms with E-state index in [-0.39, 0.29) is 5.69 Å². The second-order valence-corrected chi connectivity index (χ2v) is 4.31. The smallest absolute Gasteiger partial charge is 0.262 e. The maximum Gasteiger partial charge on any atom is 0.269 e. The fourth-order valence-electron chi connectivity index (χ4n) is 1.22. The zero-order valence-electron chi connectivity index (χ0n) is 9.08. The average molecular weight is 250 g/mol. The van der Waals surface area contributed by atoms with Crippen LogP contribution in [0, 0.1) is 10.1 Å². The van der Waals surface area contributed by atoms with E-state index in [0.29, 0.717) is 5.16 Å². The first-order valence-corrected chi connectivity index (χ1v) is 5.84. The van der Waals surface area contributed by atoms with E-state index in [4.69, 9.17) is 0 Å². The Morgan fingerprint density at radius 2 is 2.12 bits per heavy atom. The molecule has 2 rings (SSSR count). The minimum atomic E-state index is -0.420. The molecule has 1 aromatic heterocycles. The lowest BCUT2D eigenvalue weighted by Crippen LogP contribution is -1.86. The van der Waals surface area contributed by atoms with Crippen molar-refractivity contribution in [3.63, 3.8) is 0 Å². The molecule has 0 aliphatic carbocycles. The Labute approximate surface area is 102 Å². The number of hydrogen-bond acceptors (Lipinski definition) is 5. The predicted molar refractivity (Wildman–Crippen MR) is 63.0 cm³/mol. The summed E-state index contributed by atoms with van der Waals surface area (Å²) in [5, 5.41) is 18.0. The van der Waals surface area contributed by atoms with E-state index in [1.807, 2.05) is 6.92 Å². The average Bonchev–Trinajstić information content (AvgIpc) is 2.77. The minimum absolute atomic E-state index is 0.0820. The van der Waals surface area contributed by atoms with Gasteiger partial charge < -0.3 is 0 Å². The molecule has 0 aliphatic heterocycles. The van der Waals surface area contributed by atoms with Crippen LogP contribution in [0.2, 0.25) is 0 Å². The fourth-order valence-corrected chi connectivity index (χ4v) is 1.95. The van der Waals surface area contributed by atoms with Crippen LogP contribution in [0.15, 0.2) is 34.3 Å². The summed E-state index contributed by atoms with van der Waals surface area (Å²) in [5.74, 6) is 0.828. The van der Waals surface area contributed by atoms with Gasteiger partial charge in [-0.3, -0.25) is 15.2 Å². The highest BCUT2D eigenvalue weighted by Crippen LogP contribution is 2.26. The first kappa shape index (κ1) is 11.6. The van der Waals surface area contributed by atoms with E-state index < -0.39 is 4.92 Å². The maximum absolute atomic E-state index is 10.5. The molecule has 1 N–H and O–H groups in total. The van der Waals surface area contributed by atoms with Gasteiger partial charge in [0.25, 0.3) is 5.69 Å². The van der Waals surface area contributed by atoms with Crippen molar-refractivity contribution in [3.8, 4) is 0 Å². The van der Waals surface area contributed by atoms with Crippen LogP contribution in [0.25, 0.3) is 0 Å². The number of nitro benzene ring substituents is 1. The molecule has 0 radical (unpaired) electrons. The Morgan fingerprint density at radius 3 is 2.65 bits per heavy atom. The summed E-state index contributed by atoms with van der Waals surface area (Å²) in [6, 6.07) is 6.31. The molecule has 7 heteroatoms. The van der Waals surface area contributed by atoms with Gasteiger partial charge in [0, 0.05) is 23.4 Å². The minimum Gasteiger partial charge on any atom is -0.262 e. The van der Waals surface area contributed by atoms with Crippen molar-refractivity contribution in [2.24, 2.45) is 0 Å². The monoisotopic (exact) mass is 250 g/mol. The van der Waals surface area contributed by atoms with Gasteiger partial charge in [-0.25, -0.2) is 4.98 Å². The van der Waals surface area contributed by atoms with E-state index >= 15 is 0 Å². The van der Waals surface area contributed by atoms with Crippen LogP contribution in [0.4, 0.5) is 5.69 Å². The second kappa shape index (κ2) is 4.96. The molecule has 0 spiro atoms. The summed E-state index contributed by atoms with van der Waals surface area (Å²) in [6.07, 6.45) is 0.799. The number of aromatic amines is 1. The third-order valence-corrected chi connectivity index (χ3v) is 2.98. The molecule has 88 valence electrons. The van der Waals surface area contributed by atoms with Crippen molar-refractivity contribution in [1.29, 1.82) is 0 Å². The molecule has 0 saturated carbocycles. The summed E-state index contributed by atoms with van der Waals surface area (Å²) in [6.45, 7) is 1.99. The molecule has 0 bridgehead atoms. The highest BCUT2D eigenvalue weighted by atomic mass is 32.2. The number of hydrogen-bond donors (Lipinski definition) is 1. The Kier molecular flexibility index (Phi) is 3.38. The molecule has 0 aliphatic rings. The quantitative estimate of drug-likeness (QED) is 0.665. The van der Waals surface area contributed by atoms with Crippen LogP contribution in [0.3, 0.4) is 0 Å². The molecule has 1 heterocycles. The van der Waals surface area contributed by atoms with Crippen molar-refractivity contribution >= 4 is 17.4 Å². The van der Waals surface area contributed by atoms with Crippen LogP contribution in [-0.2, 0) is 6.42 Å². The first-order valence-electron chi connectivity index (χ1n) is 5.02. The lowest BCUT2D eigenvalue weighted by molar-refractivity contribution is -0.384.